The smallest absolute Gasteiger partial charge is 0.0165 e. The average molecular weight is 342 g/mol. The summed E-state index contributed by atoms with van der Waals surface area (Å²) in [5, 5.41) is 0. The van der Waals surface area contributed by atoms with E-state index in [1.165, 1.54) is 19.3 Å². The van der Waals surface area contributed by atoms with Gasteiger partial charge in [0.05, 0.1) is 0 Å². The lowest BCUT2D eigenvalue weighted by Gasteiger charge is -2.43. The highest BCUT2D eigenvalue weighted by Gasteiger charge is 2.31. The van der Waals surface area contributed by atoms with Crippen molar-refractivity contribution in [2.75, 3.05) is 40.3 Å². The quantitative estimate of drug-likeness (QED) is 0.508. The third kappa shape index (κ3) is 7.01. The van der Waals surface area contributed by atoms with Gasteiger partial charge in [-0.25, -0.2) is 0 Å². The largest absolute Gasteiger partial charge is 0.302 e. The van der Waals surface area contributed by atoms with Crippen LogP contribution in [0, 0.1) is 0 Å². The molecule has 0 radical (unpaired) electrons. The third-order valence-corrected chi connectivity index (χ3v) is 6.57. The first-order valence-corrected chi connectivity index (χ1v) is 10.0. The maximum Gasteiger partial charge on any atom is 0.0165 e. The molecule has 0 N–H and O–H groups in total. The molecule has 0 saturated heterocycles. The molecule has 0 aliphatic carbocycles. The molecule has 24 heavy (non-hydrogen) atoms. The van der Waals surface area contributed by atoms with Crippen LogP contribution in [0.15, 0.2) is 0 Å². The summed E-state index contributed by atoms with van der Waals surface area (Å²) in [6, 6.07) is 0. The zero-order chi connectivity index (χ0) is 19.2. The SMILES string of the molecule is CCN(C)C(C)(C)CCC(C)(C)N(C)CCC(C)(C)N(CC)CC. The summed E-state index contributed by atoms with van der Waals surface area (Å²) in [6.45, 7) is 25.6. The average Bonchev–Trinajstić information content (AvgIpc) is 2.50. The molecular formula is C21H47N3. The zero-order valence-electron chi connectivity index (χ0n) is 18.8. The van der Waals surface area contributed by atoms with E-state index in [4.69, 9.17) is 0 Å². The predicted molar refractivity (Wildman–Crippen MR) is 110 cm³/mol. The lowest BCUT2D eigenvalue weighted by molar-refractivity contribution is 0.0686. The Morgan fingerprint density at radius 1 is 0.542 bits per heavy atom. The van der Waals surface area contributed by atoms with Crippen molar-refractivity contribution >= 4 is 0 Å². The summed E-state index contributed by atoms with van der Waals surface area (Å²) in [7, 11) is 4.54. The highest BCUT2D eigenvalue weighted by Crippen LogP contribution is 2.28. The van der Waals surface area contributed by atoms with E-state index >= 15 is 0 Å². The highest BCUT2D eigenvalue weighted by atomic mass is 15.2. The molecule has 0 saturated carbocycles. The van der Waals surface area contributed by atoms with Crippen LogP contribution >= 0.6 is 0 Å². The molecule has 0 aromatic carbocycles. The van der Waals surface area contributed by atoms with Gasteiger partial charge in [0.2, 0.25) is 0 Å². The third-order valence-electron chi connectivity index (χ3n) is 6.57. The summed E-state index contributed by atoms with van der Waals surface area (Å²) in [6.07, 6.45) is 3.67. The van der Waals surface area contributed by atoms with Crippen molar-refractivity contribution < 1.29 is 0 Å². The van der Waals surface area contributed by atoms with Crippen LogP contribution in [0.2, 0.25) is 0 Å². The van der Waals surface area contributed by atoms with Gasteiger partial charge < -0.3 is 9.80 Å². The van der Waals surface area contributed by atoms with Gasteiger partial charge in [0.15, 0.2) is 0 Å². The van der Waals surface area contributed by atoms with Crippen molar-refractivity contribution in [2.45, 2.75) is 98.2 Å². The molecule has 0 amide bonds. The second-order valence-corrected chi connectivity index (χ2v) is 9.30. The Bertz CT molecular complexity index is 343. The maximum atomic E-state index is 2.58. The van der Waals surface area contributed by atoms with Crippen LogP contribution in [-0.2, 0) is 0 Å². The maximum absolute atomic E-state index is 2.58. The molecule has 0 unspecified atom stereocenters. The Hall–Kier alpha value is -0.120. The van der Waals surface area contributed by atoms with Crippen molar-refractivity contribution in [1.29, 1.82) is 0 Å². The van der Waals surface area contributed by atoms with Gasteiger partial charge in [-0.2, -0.15) is 0 Å². The number of hydrogen-bond acceptors (Lipinski definition) is 3. The zero-order valence-corrected chi connectivity index (χ0v) is 18.8. The Kier molecular flexibility index (Phi) is 9.49. The second kappa shape index (κ2) is 9.54. The normalized spacial score (nSPS) is 14.2. The van der Waals surface area contributed by atoms with Crippen LogP contribution in [0.1, 0.15) is 81.6 Å². The molecule has 3 heteroatoms. The molecular weight excluding hydrogens is 294 g/mol. The minimum absolute atomic E-state index is 0.241. The molecule has 0 aromatic heterocycles. The predicted octanol–water partition coefficient (Wildman–Crippen LogP) is 4.72. The molecule has 0 fully saturated rings. The number of rotatable bonds is 12. The fraction of sp³-hybridized carbons (Fsp3) is 1.00. The van der Waals surface area contributed by atoms with Gasteiger partial charge in [-0.1, -0.05) is 20.8 Å². The van der Waals surface area contributed by atoms with Gasteiger partial charge in [0.1, 0.15) is 0 Å². The van der Waals surface area contributed by atoms with Crippen molar-refractivity contribution in [1.82, 2.24) is 14.7 Å². The van der Waals surface area contributed by atoms with E-state index in [1.54, 1.807) is 0 Å². The Labute approximate surface area is 153 Å². The summed E-state index contributed by atoms with van der Waals surface area (Å²) >= 11 is 0. The fourth-order valence-electron chi connectivity index (χ4n) is 3.40. The van der Waals surface area contributed by atoms with Crippen LogP contribution in [0.25, 0.3) is 0 Å². The molecule has 0 rings (SSSR count). The minimum Gasteiger partial charge on any atom is -0.302 e. The van der Waals surface area contributed by atoms with E-state index in [1.807, 2.05) is 0 Å². The van der Waals surface area contributed by atoms with Crippen LogP contribution in [0.3, 0.4) is 0 Å². The van der Waals surface area contributed by atoms with Gasteiger partial charge in [0.25, 0.3) is 0 Å². The molecule has 3 nitrogen and oxygen atoms in total. The van der Waals surface area contributed by atoms with Crippen molar-refractivity contribution in [3.8, 4) is 0 Å². The Morgan fingerprint density at radius 3 is 1.33 bits per heavy atom. The monoisotopic (exact) mass is 341 g/mol. The second-order valence-electron chi connectivity index (χ2n) is 9.30. The van der Waals surface area contributed by atoms with Crippen molar-refractivity contribution in [3.05, 3.63) is 0 Å². The number of hydrogen-bond donors (Lipinski definition) is 0. The Morgan fingerprint density at radius 2 is 0.958 bits per heavy atom. The first-order valence-electron chi connectivity index (χ1n) is 10.0. The van der Waals surface area contributed by atoms with E-state index in [9.17, 15) is 0 Å². The summed E-state index contributed by atoms with van der Waals surface area (Å²) in [5.74, 6) is 0. The van der Waals surface area contributed by atoms with Crippen LogP contribution in [0.4, 0.5) is 0 Å². The molecule has 0 spiro atoms. The van der Waals surface area contributed by atoms with Crippen molar-refractivity contribution in [3.63, 3.8) is 0 Å². The van der Waals surface area contributed by atoms with Crippen LogP contribution in [-0.4, -0.2) is 71.6 Å². The summed E-state index contributed by atoms with van der Waals surface area (Å²) in [5.41, 5.74) is 0.786. The molecule has 0 bridgehead atoms. The first kappa shape index (κ1) is 23.9. The summed E-state index contributed by atoms with van der Waals surface area (Å²) < 4.78 is 0. The van der Waals surface area contributed by atoms with Gasteiger partial charge in [-0.3, -0.25) is 4.90 Å². The molecule has 0 heterocycles. The van der Waals surface area contributed by atoms with Crippen molar-refractivity contribution in [2.24, 2.45) is 0 Å². The van der Waals surface area contributed by atoms with E-state index < -0.39 is 0 Å². The molecule has 0 aliphatic rings. The fourth-order valence-corrected chi connectivity index (χ4v) is 3.40. The molecule has 0 atom stereocenters. The van der Waals surface area contributed by atoms with Gasteiger partial charge in [-0.05, 0) is 94.5 Å². The Balaban J connectivity index is 4.65. The summed E-state index contributed by atoms with van der Waals surface area (Å²) in [4.78, 5) is 7.61. The minimum atomic E-state index is 0.241. The van der Waals surface area contributed by atoms with E-state index in [0.717, 1.165) is 26.2 Å². The van der Waals surface area contributed by atoms with E-state index in [2.05, 4.69) is 91.1 Å². The standard InChI is InChI=1S/C21H47N3/c1-12-22(10)19(4,5)15-16-20(6,7)23(11)18-17-21(8,9)24(13-2)14-3/h12-18H2,1-11H3. The first-order chi connectivity index (χ1) is 10.8. The van der Waals surface area contributed by atoms with E-state index in [-0.39, 0.29) is 16.6 Å². The molecule has 0 aliphatic heterocycles. The van der Waals surface area contributed by atoms with Crippen LogP contribution in [0.5, 0.6) is 0 Å². The molecule has 0 aromatic rings. The lowest BCUT2D eigenvalue weighted by atomic mass is 9.87. The molecule has 146 valence electrons. The van der Waals surface area contributed by atoms with Crippen LogP contribution < -0.4 is 0 Å². The lowest BCUT2D eigenvalue weighted by Crippen LogP contribution is -2.49. The van der Waals surface area contributed by atoms with Gasteiger partial charge in [0, 0.05) is 23.2 Å². The van der Waals surface area contributed by atoms with Gasteiger partial charge in [-0.15, -0.1) is 0 Å². The van der Waals surface area contributed by atoms with Gasteiger partial charge >= 0.3 is 0 Å². The topological polar surface area (TPSA) is 9.72 Å². The highest BCUT2D eigenvalue weighted by molar-refractivity contribution is 4.88. The van der Waals surface area contributed by atoms with E-state index in [0.29, 0.717) is 0 Å². The number of nitrogens with zero attached hydrogens (tertiary/aromatic N) is 3.